The number of hydrogen-bond acceptors (Lipinski definition) is 7. The zero-order chi connectivity index (χ0) is 26.6. The van der Waals surface area contributed by atoms with Gasteiger partial charge < -0.3 is 15.2 Å². The van der Waals surface area contributed by atoms with Crippen LogP contribution in [0.2, 0.25) is 0 Å². The van der Waals surface area contributed by atoms with Crippen molar-refractivity contribution in [3.05, 3.63) is 74.6 Å². The van der Waals surface area contributed by atoms with E-state index in [1.165, 1.54) is 36.6 Å². The van der Waals surface area contributed by atoms with E-state index < -0.39 is 33.9 Å². The first-order valence-electron chi connectivity index (χ1n) is 9.89. The third kappa shape index (κ3) is 5.95. The Morgan fingerprint density at radius 3 is 2.42 bits per heavy atom. The molecule has 9 nitrogen and oxygen atoms in total. The predicted molar refractivity (Wildman–Crippen MR) is 133 cm³/mol. The number of alkyl halides is 3. The molecule has 0 unspecified atom stereocenters. The zero-order valence-corrected chi connectivity index (χ0v) is 20.2. The molecule has 0 aliphatic rings. The number of nitro groups is 1. The van der Waals surface area contributed by atoms with Crippen LogP contribution in [0.25, 0.3) is 10.4 Å². The second kappa shape index (κ2) is 10.7. The minimum Gasteiger partial charge on any atom is -0.495 e. The first-order chi connectivity index (χ1) is 16.9. The van der Waals surface area contributed by atoms with Crippen molar-refractivity contribution in [3.8, 4) is 16.2 Å². The lowest BCUT2D eigenvalue weighted by Crippen LogP contribution is -2.25. The highest BCUT2D eigenvalue weighted by molar-refractivity contribution is 7.80. The Balaban J connectivity index is 1.76. The van der Waals surface area contributed by atoms with Crippen molar-refractivity contribution in [2.45, 2.75) is 13.1 Å². The van der Waals surface area contributed by atoms with Gasteiger partial charge in [0.2, 0.25) is 0 Å². The van der Waals surface area contributed by atoms with Crippen LogP contribution in [-0.4, -0.2) is 33.9 Å². The van der Waals surface area contributed by atoms with Crippen LogP contribution in [0.3, 0.4) is 0 Å². The van der Waals surface area contributed by atoms with Gasteiger partial charge in [-0.2, -0.15) is 18.3 Å². The Morgan fingerprint density at radius 2 is 1.86 bits per heavy atom. The molecule has 3 aromatic rings. The lowest BCUT2D eigenvalue weighted by Gasteiger charge is -2.10. The topological polar surface area (TPSA) is 126 Å². The van der Waals surface area contributed by atoms with Gasteiger partial charge >= 0.3 is 12.1 Å². The number of hydrazone groups is 1. The number of thiophene rings is 1. The molecule has 0 aliphatic heterocycles. The maximum Gasteiger partial charge on any atom is 0.416 e. The van der Waals surface area contributed by atoms with Gasteiger partial charge in [-0.15, -0.1) is 11.3 Å². The second-order valence-electron chi connectivity index (χ2n) is 7.14. The van der Waals surface area contributed by atoms with Crippen LogP contribution >= 0.6 is 23.6 Å². The molecule has 1 aromatic heterocycles. The number of carbonyl (C=O) groups is 1. The summed E-state index contributed by atoms with van der Waals surface area (Å²) in [5.41, 5.74) is 2.50. The van der Waals surface area contributed by atoms with Crippen LogP contribution in [0, 0.1) is 10.1 Å². The van der Waals surface area contributed by atoms with Gasteiger partial charge in [-0.05, 0) is 49.0 Å². The normalized spacial score (nSPS) is 11.6. The van der Waals surface area contributed by atoms with Gasteiger partial charge in [-0.3, -0.25) is 15.5 Å². The van der Waals surface area contributed by atoms with E-state index in [0.29, 0.717) is 27.5 Å². The minimum absolute atomic E-state index is 0.0242. The zero-order valence-electron chi connectivity index (χ0n) is 18.5. The van der Waals surface area contributed by atoms with Crippen molar-refractivity contribution >= 4 is 51.7 Å². The summed E-state index contributed by atoms with van der Waals surface area (Å²) in [6.07, 6.45) is -4.44. The molecule has 0 bridgehead atoms. The molecule has 0 radical (unpaired) electrons. The van der Waals surface area contributed by atoms with E-state index >= 15 is 0 Å². The Bertz CT molecular complexity index is 1350. The summed E-state index contributed by atoms with van der Waals surface area (Å²) in [7, 11) is 1.43. The van der Waals surface area contributed by atoms with Crippen LogP contribution in [0.15, 0.2) is 52.9 Å². The van der Waals surface area contributed by atoms with Gasteiger partial charge in [0.1, 0.15) is 11.3 Å². The molecule has 2 aromatic carbocycles. The third-order valence-electron chi connectivity index (χ3n) is 4.82. The molecule has 36 heavy (non-hydrogen) atoms. The van der Waals surface area contributed by atoms with Crippen LogP contribution in [0.1, 0.15) is 28.4 Å². The van der Waals surface area contributed by atoms with Crippen LogP contribution in [0.5, 0.6) is 5.75 Å². The Labute approximate surface area is 211 Å². The summed E-state index contributed by atoms with van der Waals surface area (Å²) in [4.78, 5) is 22.1. The van der Waals surface area contributed by atoms with Crippen molar-refractivity contribution in [1.82, 2.24) is 5.43 Å². The fourth-order valence-corrected chi connectivity index (χ4v) is 4.35. The number of halogens is 3. The van der Waals surface area contributed by atoms with E-state index in [-0.39, 0.29) is 10.8 Å². The van der Waals surface area contributed by atoms with Crippen molar-refractivity contribution in [2.75, 3.05) is 12.4 Å². The van der Waals surface area contributed by atoms with Crippen molar-refractivity contribution < 1.29 is 32.7 Å². The number of benzene rings is 2. The predicted octanol–water partition coefficient (Wildman–Crippen LogP) is 5.76. The second-order valence-corrected chi connectivity index (χ2v) is 8.43. The van der Waals surface area contributed by atoms with Gasteiger partial charge in [-0.25, -0.2) is 4.79 Å². The Kier molecular flexibility index (Phi) is 7.90. The first kappa shape index (κ1) is 26.6. The summed E-state index contributed by atoms with van der Waals surface area (Å²) < 4.78 is 44.0. The summed E-state index contributed by atoms with van der Waals surface area (Å²) in [6, 6.07) is 8.14. The fourth-order valence-electron chi connectivity index (χ4n) is 3.10. The van der Waals surface area contributed by atoms with Crippen molar-refractivity contribution in [1.29, 1.82) is 0 Å². The number of ether oxygens (including phenoxy) is 1. The fraction of sp³-hybridized carbons (Fsp3) is 0.136. The molecular formula is C22H17F3N4O5S2. The molecule has 14 heteroatoms. The van der Waals surface area contributed by atoms with Crippen LogP contribution in [0.4, 0.5) is 24.5 Å². The van der Waals surface area contributed by atoms with Gasteiger partial charge in [0, 0.05) is 17.1 Å². The standard InChI is InChI=1S/C22H17F3N4O5S2/c1-11(27-28-21(35)26-14-7-8-15(20(30)31)17(9-14)29(32)33)16-10-36-19(18(16)34-2)12-3-5-13(6-4-12)22(23,24)25/h3-10H,1-2H3,(H,30,31)(H2,26,28,35). The average Bonchev–Trinajstić information content (AvgIpc) is 3.26. The number of nitrogens with one attached hydrogen (secondary N) is 2. The molecule has 1 heterocycles. The van der Waals surface area contributed by atoms with Crippen molar-refractivity contribution in [2.24, 2.45) is 5.10 Å². The SMILES string of the molecule is COc1c(C(C)=NNC(=S)Nc2ccc(C(=O)O)c([N+](=O)[O-])c2)csc1-c1ccc(C(F)(F)F)cc1. The van der Waals surface area contributed by atoms with Crippen LogP contribution < -0.4 is 15.5 Å². The quantitative estimate of drug-likeness (QED) is 0.150. The molecule has 3 N–H and O–H groups in total. The number of anilines is 1. The molecule has 0 saturated heterocycles. The Morgan fingerprint density at radius 1 is 1.19 bits per heavy atom. The number of aromatic carboxylic acids is 1. The largest absolute Gasteiger partial charge is 0.495 e. The Hall–Kier alpha value is -4.04. The lowest BCUT2D eigenvalue weighted by atomic mass is 10.1. The number of carboxylic acids is 1. The van der Waals surface area contributed by atoms with E-state index in [9.17, 15) is 28.1 Å². The molecule has 0 saturated carbocycles. The average molecular weight is 539 g/mol. The van der Waals surface area contributed by atoms with E-state index in [4.69, 9.17) is 22.1 Å². The highest BCUT2D eigenvalue weighted by Crippen LogP contribution is 2.40. The van der Waals surface area contributed by atoms with Gasteiger partial charge in [0.15, 0.2) is 5.11 Å². The molecule has 0 fully saturated rings. The summed E-state index contributed by atoms with van der Waals surface area (Å²) >= 11 is 6.41. The maximum absolute atomic E-state index is 12.9. The number of rotatable bonds is 7. The minimum atomic E-state index is -4.44. The van der Waals surface area contributed by atoms with Gasteiger partial charge in [0.25, 0.3) is 5.69 Å². The molecule has 0 atom stereocenters. The number of nitrogens with zero attached hydrogens (tertiary/aromatic N) is 2. The number of thiocarbonyl (C=S) groups is 1. The first-order valence-corrected chi connectivity index (χ1v) is 11.2. The number of methoxy groups -OCH3 is 1. The molecule has 0 amide bonds. The molecule has 3 rings (SSSR count). The molecule has 0 aliphatic carbocycles. The monoisotopic (exact) mass is 538 g/mol. The van der Waals surface area contributed by atoms with E-state index in [2.05, 4.69) is 15.8 Å². The lowest BCUT2D eigenvalue weighted by molar-refractivity contribution is -0.385. The molecule has 188 valence electrons. The smallest absolute Gasteiger partial charge is 0.416 e. The van der Waals surface area contributed by atoms with E-state index in [1.54, 1.807) is 12.3 Å². The van der Waals surface area contributed by atoms with E-state index in [1.807, 2.05) is 0 Å². The summed E-state index contributed by atoms with van der Waals surface area (Å²) in [5.74, 6) is -1.02. The van der Waals surface area contributed by atoms with E-state index in [0.717, 1.165) is 24.3 Å². The molecule has 0 spiro atoms. The number of nitro benzene ring substituents is 1. The highest BCUT2D eigenvalue weighted by Gasteiger charge is 2.30. The van der Waals surface area contributed by atoms with Crippen molar-refractivity contribution in [3.63, 3.8) is 0 Å². The molecular weight excluding hydrogens is 521 g/mol. The number of hydrogen-bond donors (Lipinski definition) is 3. The highest BCUT2D eigenvalue weighted by atomic mass is 32.1. The van der Waals surface area contributed by atoms with Gasteiger partial charge in [-0.1, -0.05) is 12.1 Å². The number of carboxylic acid groups (broad SMARTS) is 1. The summed E-state index contributed by atoms with van der Waals surface area (Å²) in [5, 5.41) is 28.8. The van der Waals surface area contributed by atoms with Crippen LogP contribution in [-0.2, 0) is 6.18 Å². The summed E-state index contributed by atoms with van der Waals surface area (Å²) in [6.45, 7) is 1.66. The third-order valence-corrected chi connectivity index (χ3v) is 6.03. The maximum atomic E-state index is 12.9. The van der Waals surface area contributed by atoms with Gasteiger partial charge in [0.05, 0.1) is 33.7 Å².